The Balaban J connectivity index is 2.62. The molecular weight excluding hydrogens is 238 g/mol. The van der Waals surface area contributed by atoms with Crippen LogP contribution in [0.15, 0.2) is 42.5 Å². The third-order valence-electron chi connectivity index (χ3n) is 3.08. The third kappa shape index (κ3) is 5.71. The molecule has 0 saturated heterocycles. The van der Waals surface area contributed by atoms with Gasteiger partial charge in [-0.1, -0.05) is 42.5 Å². The van der Waals surface area contributed by atoms with Gasteiger partial charge in [0.15, 0.2) is 0 Å². The number of ether oxygens (including phenoxy) is 1. The van der Waals surface area contributed by atoms with Gasteiger partial charge in [0.1, 0.15) is 0 Å². The molecule has 1 rings (SSSR count). The van der Waals surface area contributed by atoms with E-state index in [1.807, 2.05) is 31.2 Å². The van der Waals surface area contributed by atoms with Crippen molar-refractivity contribution in [2.24, 2.45) is 0 Å². The van der Waals surface area contributed by atoms with Crippen molar-refractivity contribution < 1.29 is 9.53 Å². The molecule has 1 N–H and O–H groups in total. The number of nitrogens with one attached hydrogen (secondary N) is 1. The Kier molecular flexibility index (Phi) is 6.90. The molecule has 2 atom stereocenters. The summed E-state index contributed by atoms with van der Waals surface area (Å²) in [6, 6.07) is 10.5. The molecule has 0 unspecified atom stereocenters. The van der Waals surface area contributed by atoms with Crippen LogP contribution in [0.3, 0.4) is 0 Å². The van der Waals surface area contributed by atoms with Crippen molar-refractivity contribution in [3.8, 4) is 0 Å². The molecule has 3 nitrogen and oxygen atoms in total. The standard InChI is InChI=1S/C16H23NO2/c1-4-5-11-15(12-16(18)19-3)17-13(2)14-9-7-6-8-10-14/h4-10,13,15,17H,11-12H2,1-3H3/b5-4+/t13-,15-/m1/s1. The van der Waals surface area contributed by atoms with E-state index in [-0.39, 0.29) is 18.1 Å². The third-order valence-corrected chi connectivity index (χ3v) is 3.08. The SMILES string of the molecule is C/C=C/C[C@H](CC(=O)OC)N[C@H](C)c1ccccc1. The zero-order valence-electron chi connectivity index (χ0n) is 11.9. The maximum absolute atomic E-state index is 11.4. The number of methoxy groups -OCH3 is 1. The second-order valence-corrected chi connectivity index (χ2v) is 4.58. The molecular formula is C16H23NO2. The molecule has 0 heterocycles. The molecule has 0 aromatic heterocycles. The van der Waals surface area contributed by atoms with Crippen molar-refractivity contribution in [3.05, 3.63) is 48.0 Å². The lowest BCUT2D eigenvalue weighted by Crippen LogP contribution is -2.33. The maximum Gasteiger partial charge on any atom is 0.307 e. The van der Waals surface area contributed by atoms with Crippen molar-refractivity contribution in [1.29, 1.82) is 0 Å². The molecule has 0 aliphatic carbocycles. The summed E-state index contributed by atoms with van der Waals surface area (Å²) in [5.41, 5.74) is 1.22. The summed E-state index contributed by atoms with van der Waals surface area (Å²) in [4.78, 5) is 11.4. The lowest BCUT2D eigenvalue weighted by Gasteiger charge is -2.22. The first-order valence-electron chi connectivity index (χ1n) is 6.66. The van der Waals surface area contributed by atoms with Crippen LogP contribution >= 0.6 is 0 Å². The van der Waals surface area contributed by atoms with Crippen LogP contribution in [0.4, 0.5) is 0 Å². The molecule has 0 aliphatic rings. The number of esters is 1. The fourth-order valence-electron chi connectivity index (χ4n) is 1.99. The largest absolute Gasteiger partial charge is 0.469 e. The Morgan fingerprint density at radius 2 is 2.05 bits per heavy atom. The molecule has 0 amide bonds. The molecule has 0 aliphatic heterocycles. The monoisotopic (exact) mass is 261 g/mol. The number of carbonyl (C=O) groups is 1. The van der Waals surface area contributed by atoms with Gasteiger partial charge in [0, 0.05) is 12.1 Å². The molecule has 0 radical (unpaired) electrons. The highest BCUT2D eigenvalue weighted by atomic mass is 16.5. The van der Waals surface area contributed by atoms with Gasteiger partial charge in [-0.25, -0.2) is 0 Å². The summed E-state index contributed by atoms with van der Waals surface area (Å²) in [5.74, 6) is -0.178. The van der Waals surface area contributed by atoms with E-state index in [0.717, 1.165) is 6.42 Å². The van der Waals surface area contributed by atoms with Crippen LogP contribution in [0.2, 0.25) is 0 Å². The Morgan fingerprint density at radius 1 is 1.37 bits per heavy atom. The summed E-state index contributed by atoms with van der Waals surface area (Å²) >= 11 is 0. The molecule has 19 heavy (non-hydrogen) atoms. The highest BCUT2D eigenvalue weighted by molar-refractivity contribution is 5.69. The minimum absolute atomic E-state index is 0.0962. The Labute approximate surface area is 115 Å². The predicted molar refractivity (Wildman–Crippen MR) is 77.8 cm³/mol. The van der Waals surface area contributed by atoms with Crippen LogP contribution in [0.1, 0.15) is 38.3 Å². The fourth-order valence-corrected chi connectivity index (χ4v) is 1.99. The fraction of sp³-hybridized carbons (Fsp3) is 0.438. The van der Waals surface area contributed by atoms with E-state index >= 15 is 0 Å². The Morgan fingerprint density at radius 3 is 2.63 bits per heavy atom. The van der Waals surface area contributed by atoms with E-state index in [1.54, 1.807) is 0 Å². The van der Waals surface area contributed by atoms with E-state index in [9.17, 15) is 4.79 Å². The molecule has 104 valence electrons. The van der Waals surface area contributed by atoms with Crippen LogP contribution < -0.4 is 5.32 Å². The van der Waals surface area contributed by atoms with E-state index < -0.39 is 0 Å². The highest BCUT2D eigenvalue weighted by Gasteiger charge is 2.16. The topological polar surface area (TPSA) is 38.3 Å². The minimum atomic E-state index is -0.178. The van der Waals surface area contributed by atoms with Gasteiger partial charge in [0.05, 0.1) is 13.5 Å². The Bertz CT molecular complexity index is 400. The molecule has 0 spiro atoms. The van der Waals surface area contributed by atoms with E-state index in [4.69, 9.17) is 4.74 Å². The number of benzene rings is 1. The van der Waals surface area contributed by atoms with Gasteiger partial charge in [0.25, 0.3) is 0 Å². The van der Waals surface area contributed by atoms with Gasteiger partial charge in [-0.15, -0.1) is 0 Å². The predicted octanol–water partition coefficient (Wildman–Crippen LogP) is 3.24. The van der Waals surface area contributed by atoms with Crippen LogP contribution in [-0.2, 0) is 9.53 Å². The zero-order chi connectivity index (χ0) is 14.1. The minimum Gasteiger partial charge on any atom is -0.469 e. The Hall–Kier alpha value is -1.61. The molecule has 3 heteroatoms. The van der Waals surface area contributed by atoms with Crippen molar-refractivity contribution in [2.75, 3.05) is 7.11 Å². The van der Waals surface area contributed by atoms with Gasteiger partial charge < -0.3 is 10.1 Å². The first-order chi connectivity index (χ1) is 9.17. The second-order valence-electron chi connectivity index (χ2n) is 4.58. The molecule has 0 bridgehead atoms. The van der Waals surface area contributed by atoms with E-state index in [1.165, 1.54) is 12.7 Å². The van der Waals surface area contributed by atoms with Crippen molar-refractivity contribution >= 4 is 5.97 Å². The summed E-state index contributed by atoms with van der Waals surface area (Å²) in [6.07, 6.45) is 5.28. The maximum atomic E-state index is 11.4. The van der Waals surface area contributed by atoms with Crippen molar-refractivity contribution in [3.63, 3.8) is 0 Å². The molecule has 0 saturated carbocycles. The van der Waals surface area contributed by atoms with Crippen LogP contribution in [0.5, 0.6) is 0 Å². The normalized spacial score (nSPS) is 14.3. The first kappa shape index (κ1) is 15.4. The number of hydrogen-bond donors (Lipinski definition) is 1. The van der Waals surface area contributed by atoms with Crippen molar-refractivity contribution in [1.82, 2.24) is 5.32 Å². The zero-order valence-corrected chi connectivity index (χ0v) is 11.9. The molecule has 1 aromatic carbocycles. The van der Waals surface area contributed by atoms with Crippen LogP contribution in [-0.4, -0.2) is 19.1 Å². The van der Waals surface area contributed by atoms with E-state index in [0.29, 0.717) is 6.42 Å². The average molecular weight is 261 g/mol. The average Bonchev–Trinajstić information content (AvgIpc) is 2.45. The lowest BCUT2D eigenvalue weighted by molar-refractivity contribution is -0.141. The smallest absolute Gasteiger partial charge is 0.307 e. The van der Waals surface area contributed by atoms with Crippen molar-refractivity contribution in [2.45, 2.75) is 38.8 Å². The number of carbonyl (C=O) groups excluding carboxylic acids is 1. The number of hydrogen-bond acceptors (Lipinski definition) is 3. The quantitative estimate of drug-likeness (QED) is 0.605. The van der Waals surface area contributed by atoms with Crippen LogP contribution in [0.25, 0.3) is 0 Å². The summed E-state index contributed by atoms with van der Waals surface area (Å²) in [6.45, 7) is 4.09. The van der Waals surface area contributed by atoms with E-state index in [2.05, 4.69) is 30.4 Å². The second kappa shape index (κ2) is 8.48. The van der Waals surface area contributed by atoms with Gasteiger partial charge >= 0.3 is 5.97 Å². The number of allylic oxidation sites excluding steroid dienone is 1. The first-order valence-corrected chi connectivity index (χ1v) is 6.66. The van der Waals surface area contributed by atoms with Gasteiger partial charge in [-0.05, 0) is 25.8 Å². The summed E-state index contributed by atoms with van der Waals surface area (Å²) in [5, 5.41) is 3.48. The van der Waals surface area contributed by atoms with Gasteiger partial charge in [-0.2, -0.15) is 0 Å². The van der Waals surface area contributed by atoms with Gasteiger partial charge in [0.2, 0.25) is 0 Å². The molecule has 1 aromatic rings. The summed E-state index contributed by atoms with van der Waals surface area (Å²) in [7, 11) is 1.43. The highest BCUT2D eigenvalue weighted by Crippen LogP contribution is 2.14. The lowest BCUT2D eigenvalue weighted by atomic mass is 10.0. The molecule has 0 fully saturated rings. The van der Waals surface area contributed by atoms with Gasteiger partial charge in [-0.3, -0.25) is 4.79 Å². The number of rotatable bonds is 7. The van der Waals surface area contributed by atoms with Crippen LogP contribution in [0, 0.1) is 0 Å². The summed E-state index contributed by atoms with van der Waals surface area (Å²) < 4.78 is 4.74.